The molecule has 1 aromatic heterocycles. The zero-order chi connectivity index (χ0) is 51.7. The molecule has 0 aliphatic carbocycles. The first-order valence-electron chi connectivity index (χ1n) is 26.7. The fourth-order valence-corrected chi connectivity index (χ4v) is 11.8. The second-order valence-electron chi connectivity index (χ2n) is 24.2. The number of ether oxygens (including phenoxy) is 2. The van der Waals surface area contributed by atoms with Gasteiger partial charge in [-0.15, -0.1) is 0 Å². The molecular weight excluding hydrogens is 916 g/mol. The molecule has 3 aliphatic rings. The third-order valence-corrected chi connectivity index (χ3v) is 15.9. The second-order valence-corrected chi connectivity index (χ2v) is 24.2. The van der Waals surface area contributed by atoms with Crippen LogP contribution < -0.4 is 35.7 Å². The molecule has 9 aromatic carbocycles. The predicted octanol–water partition coefficient (Wildman–Crippen LogP) is 16.6. The molecule has 0 saturated carbocycles. The number of hydrogen-bond donors (Lipinski definition) is 0. The average molecular weight is 979 g/mol. The standard InChI is InChI=1S/C69H63BN2O3/c1-42-33-60-66-61(34-42)72(53-36-47(43-15-21-49(22-16-43)67(2,3)4)35-48(37-53)44-17-23-50(24-18-44)68(5,6)7)59-38-45(46-19-27-55-54-13-11-12-14-62(54)75-64(55)39-46)20-28-56(59)70(66)57-40-51(69(8,9)10)25-29-58(57)71(60)52-26-30-63-65(41-52)74-32-31-73-63/h11-30,33-41H,31-32H2,1-10H3. The van der Waals surface area contributed by atoms with Gasteiger partial charge in [0.2, 0.25) is 0 Å². The maximum absolute atomic E-state index is 6.52. The van der Waals surface area contributed by atoms with Gasteiger partial charge in [-0.05, 0) is 168 Å². The van der Waals surface area contributed by atoms with Crippen LogP contribution in [-0.4, -0.2) is 19.9 Å². The Morgan fingerprint density at radius 2 is 0.947 bits per heavy atom. The van der Waals surface area contributed by atoms with Crippen LogP contribution in [0.2, 0.25) is 0 Å². The molecule has 13 rings (SSSR count). The number of para-hydroxylation sites is 1. The average Bonchev–Trinajstić information content (AvgIpc) is 3.77. The molecule has 0 bridgehead atoms. The van der Waals surface area contributed by atoms with Crippen molar-refractivity contribution >= 4 is 79.2 Å². The molecule has 4 heterocycles. The minimum Gasteiger partial charge on any atom is -0.486 e. The van der Waals surface area contributed by atoms with Gasteiger partial charge in [0.15, 0.2) is 11.5 Å². The fraction of sp³-hybridized carbons (Fsp3) is 0.217. The van der Waals surface area contributed by atoms with E-state index in [1.807, 2.05) is 6.07 Å². The zero-order valence-corrected chi connectivity index (χ0v) is 44.9. The van der Waals surface area contributed by atoms with E-state index in [4.69, 9.17) is 13.9 Å². The van der Waals surface area contributed by atoms with E-state index in [2.05, 4.69) is 249 Å². The first-order valence-corrected chi connectivity index (χ1v) is 26.7. The highest BCUT2D eigenvalue weighted by molar-refractivity contribution is 7.00. The Bertz CT molecular complexity index is 3840. The largest absolute Gasteiger partial charge is 0.486 e. The van der Waals surface area contributed by atoms with Crippen molar-refractivity contribution in [2.45, 2.75) is 85.5 Å². The molecule has 0 atom stereocenters. The number of fused-ring (bicyclic) bond motifs is 8. The number of anilines is 6. The SMILES string of the molecule is Cc1cc2c3c(c1)N(c1cc(-c4ccc(C(C)(C)C)cc4)cc(-c4ccc(C(C)(C)C)cc4)c1)c1cc(-c4ccc5c(c4)oc4ccccc45)ccc1B3c1cc(C(C)(C)C)ccc1N2c1ccc2c(c1)OCCO2. The maximum atomic E-state index is 6.52. The van der Waals surface area contributed by atoms with Gasteiger partial charge >= 0.3 is 0 Å². The maximum Gasteiger partial charge on any atom is 0.252 e. The van der Waals surface area contributed by atoms with Gasteiger partial charge in [-0.1, -0.05) is 159 Å². The summed E-state index contributed by atoms with van der Waals surface area (Å²) in [7, 11) is 0. The summed E-state index contributed by atoms with van der Waals surface area (Å²) < 4.78 is 18.9. The van der Waals surface area contributed by atoms with Crippen molar-refractivity contribution in [3.8, 4) is 44.9 Å². The van der Waals surface area contributed by atoms with Crippen LogP contribution >= 0.6 is 0 Å². The van der Waals surface area contributed by atoms with Crippen molar-refractivity contribution in [1.82, 2.24) is 0 Å². The quantitative estimate of drug-likeness (QED) is 0.161. The number of rotatable bonds is 5. The third kappa shape index (κ3) is 8.00. The van der Waals surface area contributed by atoms with Crippen LogP contribution in [-0.2, 0) is 16.2 Å². The van der Waals surface area contributed by atoms with Gasteiger partial charge in [-0.2, -0.15) is 0 Å². The molecule has 5 nitrogen and oxygen atoms in total. The Hall–Kier alpha value is -7.96. The van der Waals surface area contributed by atoms with E-state index < -0.39 is 0 Å². The van der Waals surface area contributed by atoms with Crippen LogP contribution in [0.5, 0.6) is 11.5 Å². The molecule has 6 heteroatoms. The van der Waals surface area contributed by atoms with Crippen molar-refractivity contribution < 1.29 is 13.9 Å². The third-order valence-electron chi connectivity index (χ3n) is 15.9. The van der Waals surface area contributed by atoms with Gasteiger partial charge in [0.25, 0.3) is 6.71 Å². The normalized spacial score (nSPS) is 14.0. The number of furan rings is 1. The summed E-state index contributed by atoms with van der Waals surface area (Å²) in [6.07, 6.45) is 0. The lowest BCUT2D eigenvalue weighted by molar-refractivity contribution is 0.171. The Morgan fingerprint density at radius 3 is 1.60 bits per heavy atom. The molecule has 0 N–H and O–H groups in total. The topological polar surface area (TPSA) is 38.1 Å². The van der Waals surface area contributed by atoms with Gasteiger partial charge in [-0.25, -0.2) is 0 Å². The van der Waals surface area contributed by atoms with E-state index in [9.17, 15) is 0 Å². The Kier molecular flexibility index (Phi) is 10.6. The molecular formula is C69H63BN2O3. The van der Waals surface area contributed by atoms with Gasteiger partial charge in [0.05, 0.1) is 5.69 Å². The molecule has 0 unspecified atom stereocenters. The van der Waals surface area contributed by atoms with Gasteiger partial charge < -0.3 is 23.7 Å². The molecule has 0 spiro atoms. The van der Waals surface area contributed by atoms with E-state index in [0.717, 1.165) is 89.8 Å². The van der Waals surface area contributed by atoms with Crippen molar-refractivity contribution in [1.29, 1.82) is 0 Å². The Balaban J connectivity index is 1.09. The molecule has 370 valence electrons. The minimum atomic E-state index is -0.0804. The summed E-state index contributed by atoms with van der Waals surface area (Å²) in [5.41, 5.74) is 24.4. The van der Waals surface area contributed by atoms with Crippen molar-refractivity contribution in [3.05, 3.63) is 198 Å². The highest BCUT2D eigenvalue weighted by Crippen LogP contribution is 2.49. The Morgan fingerprint density at radius 1 is 0.387 bits per heavy atom. The van der Waals surface area contributed by atoms with Crippen LogP contribution in [0.15, 0.2) is 180 Å². The number of nitrogens with zero attached hydrogens (tertiary/aromatic N) is 2. The summed E-state index contributed by atoms with van der Waals surface area (Å²) >= 11 is 0. The first-order chi connectivity index (χ1) is 35.9. The lowest BCUT2D eigenvalue weighted by Gasteiger charge is -2.45. The van der Waals surface area contributed by atoms with Crippen molar-refractivity contribution in [2.75, 3.05) is 23.0 Å². The van der Waals surface area contributed by atoms with Gasteiger partial charge in [-0.3, -0.25) is 0 Å². The van der Waals surface area contributed by atoms with Crippen LogP contribution in [0, 0.1) is 6.92 Å². The summed E-state index contributed by atoms with van der Waals surface area (Å²) in [5.74, 6) is 1.55. The number of aryl methyl sites for hydroxylation is 1. The summed E-state index contributed by atoms with van der Waals surface area (Å²) in [4.78, 5) is 5.04. The smallest absolute Gasteiger partial charge is 0.252 e. The van der Waals surface area contributed by atoms with Gasteiger partial charge in [0.1, 0.15) is 24.4 Å². The zero-order valence-electron chi connectivity index (χ0n) is 44.9. The van der Waals surface area contributed by atoms with E-state index in [1.165, 1.54) is 49.8 Å². The fourth-order valence-electron chi connectivity index (χ4n) is 11.8. The molecule has 3 aliphatic heterocycles. The highest BCUT2D eigenvalue weighted by Gasteiger charge is 2.44. The number of hydrogen-bond acceptors (Lipinski definition) is 5. The summed E-state index contributed by atoms with van der Waals surface area (Å²) in [5, 5.41) is 2.25. The van der Waals surface area contributed by atoms with E-state index in [-0.39, 0.29) is 23.0 Å². The van der Waals surface area contributed by atoms with Crippen molar-refractivity contribution in [2.24, 2.45) is 0 Å². The van der Waals surface area contributed by atoms with Crippen LogP contribution in [0.4, 0.5) is 34.1 Å². The summed E-state index contributed by atoms with van der Waals surface area (Å²) in [6, 6.07) is 66.3. The predicted molar refractivity (Wildman–Crippen MR) is 316 cm³/mol. The lowest BCUT2D eigenvalue weighted by Crippen LogP contribution is -2.61. The Labute approximate surface area is 442 Å². The molecule has 0 fully saturated rings. The summed E-state index contributed by atoms with van der Waals surface area (Å²) in [6.45, 7) is 23.9. The monoisotopic (exact) mass is 978 g/mol. The molecule has 10 aromatic rings. The van der Waals surface area contributed by atoms with Gasteiger partial charge in [0, 0.05) is 45.3 Å². The first kappa shape index (κ1) is 46.8. The highest BCUT2D eigenvalue weighted by atomic mass is 16.6. The van der Waals surface area contributed by atoms with Crippen LogP contribution in [0.1, 0.15) is 84.6 Å². The van der Waals surface area contributed by atoms with Crippen molar-refractivity contribution in [3.63, 3.8) is 0 Å². The van der Waals surface area contributed by atoms with E-state index >= 15 is 0 Å². The molecule has 0 saturated heterocycles. The van der Waals surface area contributed by atoms with Crippen LogP contribution in [0.25, 0.3) is 55.3 Å². The molecule has 0 radical (unpaired) electrons. The second kappa shape index (κ2) is 17.0. The lowest BCUT2D eigenvalue weighted by atomic mass is 9.33. The van der Waals surface area contributed by atoms with E-state index in [0.29, 0.717) is 13.2 Å². The molecule has 0 amide bonds. The number of benzene rings is 9. The molecule has 75 heavy (non-hydrogen) atoms. The van der Waals surface area contributed by atoms with E-state index in [1.54, 1.807) is 0 Å². The van der Waals surface area contributed by atoms with Crippen LogP contribution in [0.3, 0.4) is 0 Å². The minimum absolute atomic E-state index is 0.0331.